The number of anilines is 1. The maximum atomic E-state index is 12.5. The maximum Gasteiger partial charge on any atom is 0.225 e. The number of hydrogen-bond donors (Lipinski definition) is 2. The Balaban J connectivity index is 1.40. The van der Waals surface area contributed by atoms with Gasteiger partial charge in [-0.1, -0.05) is 31.0 Å². The number of piperazine rings is 1. The van der Waals surface area contributed by atoms with Crippen molar-refractivity contribution in [1.29, 1.82) is 0 Å². The molecule has 1 saturated heterocycles. The number of ether oxygens (including phenoxy) is 1. The Morgan fingerprint density at radius 2 is 1.93 bits per heavy atom. The number of carbonyl (C=O) groups excluding carboxylic acids is 1. The van der Waals surface area contributed by atoms with E-state index in [0.29, 0.717) is 25.0 Å². The largest absolute Gasteiger partial charge is 0.380 e. The lowest BCUT2D eigenvalue weighted by Crippen LogP contribution is -2.50. The number of nitrogens with zero attached hydrogens (tertiary/aromatic N) is 3. The lowest BCUT2D eigenvalue weighted by Gasteiger charge is -2.35. The summed E-state index contributed by atoms with van der Waals surface area (Å²) in [6, 6.07) is 7.91. The van der Waals surface area contributed by atoms with Crippen molar-refractivity contribution < 1.29 is 9.53 Å². The lowest BCUT2D eigenvalue weighted by molar-refractivity contribution is -0.137. The number of methoxy groups -OCH3 is 1. The van der Waals surface area contributed by atoms with Gasteiger partial charge < -0.3 is 20.7 Å². The van der Waals surface area contributed by atoms with Gasteiger partial charge >= 0.3 is 0 Å². The Labute approximate surface area is 167 Å². The molecule has 1 aliphatic heterocycles. The number of nitrogens with two attached hydrogens (primary N) is 1. The van der Waals surface area contributed by atoms with Gasteiger partial charge in [-0.05, 0) is 18.9 Å². The Kier molecular flexibility index (Phi) is 7.68. The second-order valence-corrected chi connectivity index (χ2v) is 7.63. The Bertz CT molecular complexity index is 665. The number of rotatable bonds is 7. The van der Waals surface area contributed by atoms with Gasteiger partial charge in [0, 0.05) is 57.0 Å². The molecule has 1 aromatic carbocycles. The highest BCUT2D eigenvalue weighted by Gasteiger charge is 2.29. The van der Waals surface area contributed by atoms with E-state index < -0.39 is 0 Å². The topological polar surface area (TPSA) is 83.2 Å². The van der Waals surface area contributed by atoms with Crippen LogP contribution in [-0.2, 0) is 16.1 Å². The fourth-order valence-corrected chi connectivity index (χ4v) is 4.04. The summed E-state index contributed by atoms with van der Waals surface area (Å²) in [5.41, 5.74) is 8.01. The van der Waals surface area contributed by atoms with E-state index >= 15 is 0 Å². The van der Waals surface area contributed by atoms with Crippen molar-refractivity contribution in [3.05, 3.63) is 29.8 Å². The van der Waals surface area contributed by atoms with Crippen LogP contribution in [-0.4, -0.2) is 68.0 Å². The molecular formula is C21H33N5O2. The SMILES string of the molecule is COCc1ccccc1NC(N)=NCCN1CCN(C(=O)C2CCCC2)CC1. The first-order chi connectivity index (χ1) is 13.7. The van der Waals surface area contributed by atoms with Gasteiger partial charge in [0.25, 0.3) is 0 Å². The minimum Gasteiger partial charge on any atom is -0.380 e. The van der Waals surface area contributed by atoms with Crippen LogP contribution in [0.4, 0.5) is 5.69 Å². The van der Waals surface area contributed by atoms with Gasteiger partial charge in [0.15, 0.2) is 5.96 Å². The molecule has 0 aromatic heterocycles. The molecule has 1 heterocycles. The minimum atomic E-state index is 0.281. The molecule has 0 spiro atoms. The van der Waals surface area contributed by atoms with Gasteiger partial charge in [0.1, 0.15) is 0 Å². The average molecular weight is 388 g/mol. The van der Waals surface area contributed by atoms with Crippen LogP contribution < -0.4 is 11.1 Å². The Morgan fingerprint density at radius 1 is 1.21 bits per heavy atom. The summed E-state index contributed by atoms with van der Waals surface area (Å²) >= 11 is 0. The van der Waals surface area contributed by atoms with Crippen molar-refractivity contribution in [2.24, 2.45) is 16.6 Å². The molecule has 7 nitrogen and oxygen atoms in total. The second kappa shape index (κ2) is 10.4. The summed E-state index contributed by atoms with van der Waals surface area (Å²) in [5, 5.41) is 3.16. The Hall–Kier alpha value is -2.12. The third-order valence-electron chi connectivity index (χ3n) is 5.67. The molecule has 1 saturated carbocycles. The molecule has 3 rings (SSSR count). The summed E-state index contributed by atoms with van der Waals surface area (Å²) in [6.45, 7) is 5.51. The van der Waals surface area contributed by atoms with Gasteiger partial charge in [0.05, 0.1) is 13.2 Å². The number of guanidine groups is 1. The van der Waals surface area contributed by atoms with Crippen molar-refractivity contribution in [1.82, 2.24) is 9.80 Å². The number of benzene rings is 1. The molecule has 1 aromatic rings. The molecule has 1 amide bonds. The van der Waals surface area contributed by atoms with E-state index in [2.05, 4.69) is 20.1 Å². The third-order valence-corrected chi connectivity index (χ3v) is 5.67. The van der Waals surface area contributed by atoms with E-state index in [4.69, 9.17) is 10.5 Å². The zero-order valence-electron chi connectivity index (χ0n) is 16.9. The van der Waals surface area contributed by atoms with Crippen LogP contribution in [0.3, 0.4) is 0 Å². The summed E-state index contributed by atoms with van der Waals surface area (Å²) in [5.74, 6) is 1.07. The van der Waals surface area contributed by atoms with E-state index in [1.807, 2.05) is 24.3 Å². The molecule has 2 fully saturated rings. The summed E-state index contributed by atoms with van der Waals surface area (Å²) in [4.78, 5) is 21.4. The third kappa shape index (κ3) is 5.69. The van der Waals surface area contributed by atoms with Crippen molar-refractivity contribution in [3.63, 3.8) is 0 Å². The van der Waals surface area contributed by atoms with E-state index in [1.165, 1.54) is 12.8 Å². The van der Waals surface area contributed by atoms with Crippen molar-refractivity contribution >= 4 is 17.6 Å². The monoisotopic (exact) mass is 387 g/mol. The number of hydrogen-bond acceptors (Lipinski definition) is 4. The first kappa shape index (κ1) is 20.6. The molecule has 0 unspecified atom stereocenters. The molecule has 3 N–H and O–H groups in total. The predicted molar refractivity (Wildman–Crippen MR) is 112 cm³/mol. The van der Waals surface area contributed by atoms with Gasteiger partial charge in [-0.3, -0.25) is 14.7 Å². The lowest BCUT2D eigenvalue weighted by atomic mass is 10.1. The van der Waals surface area contributed by atoms with Crippen molar-refractivity contribution in [2.45, 2.75) is 32.3 Å². The highest BCUT2D eigenvalue weighted by atomic mass is 16.5. The van der Waals surface area contributed by atoms with Crippen LogP contribution in [0.1, 0.15) is 31.2 Å². The number of nitrogens with one attached hydrogen (secondary N) is 1. The first-order valence-corrected chi connectivity index (χ1v) is 10.3. The average Bonchev–Trinajstić information content (AvgIpc) is 3.24. The molecule has 28 heavy (non-hydrogen) atoms. The number of para-hydroxylation sites is 1. The standard InChI is InChI=1S/C21H33N5O2/c1-28-16-18-8-4-5-9-19(18)24-21(22)23-10-11-25-12-14-26(15-13-25)20(27)17-6-2-3-7-17/h4-5,8-9,17H,2-3,6-7,10-16H2,1H3,(H3,22,23,24). The zero-order chi connectivity index (χ0) is 19.8. The molecule has 0 atom stereocenters. The van der Waals surface area contributed by atoms with Gasteiger partial charge in [-0.25, -0.2) is 0 Å². The number of amides is 1. The van der Waals surface area contributed by atoms with Crippen LogP contribution in [0.5, 0.6) is 0 Å². The van der Waals surface area contributed by atoms with Crippen molar-refractivity contribution in [2.75, 3.05) is 51.7 Å². The van der Waals surface area contributed by atoms with Crippen molar-refractivity contribution in [3.8, 4) is 0 Å². The highest BCUT2D eigenvalue weighted by Crippen LogP contribution is 2.26. The smallest absolute Gasteiger partial charge is 0.225 e. The molecule has 154 valence electrons. The van der Waals surface area contributed by atoms with Gasteiger partial charge in [0.2, 0.25) is 5.91 Å². The second-order valence-electron chi connectivity index (χ2n) is 7.63. The fourth-order valence-electron chi connectivity index (χ4n) is 4.04. The van der Waals surface area contributed by atoms with E-state index in [0.717, 1.165) is 56.8 Å². The number of carbonyl (C=O) groups is 1. The van der Waals surface area contributed by atoms with E-state index in [1.54, 1.807) is 7.11 Å². The zero-order valence-corrected chi connectivity index (χ0v) is 16.9. The van der Waals surface area contributed by atoms with Crippen LogP contribution in [0.2, 0.25) is 0 Å². The van der Waals surface area contributed by atoms with Crippen LogP contribution in [0, 0.1) is 5.92 Å². The number of aliphatic imine (C=N–C) groups is 1. The maximum absolute atomic E-state index is 12.5. The Morgan fingerprint density at radius 3 is 2.64 bits per heavy atom. The summed E-state index contributed by atoms with van der Waals surface area (Å²) in [6.07, 6.45) is 4.57. The van der Waals surface area contributed by atoms with Crippen LogP contribution in [0.15, 0.2) is 29.3 Å². The fraction of sp³-hybridized carbons (Fsp3) is 0.619. The predicted octanol–water partition coefficient (Wildman–Crippen LogP) is 1.89. The first-order valence-electron chi connectivity index (χ1n) is 10.3. The van der Waals surface area contributed by atoms with E-state index in [9.17, 15) is 4.79 Å². The molecule has 2 aliphatic rings. The van der Waals surface area contributed by atoms with E-state index in [-0.39, 0.29) is 5.92 Å². The molecule has 1 aliphatic carbocycles. The van der Waals surface area contributed by atoms with Crippen LogP contribution >= 0.6 is 0 Å². The molecule has 7 heteroatoms. The van der Waals surface area contributed by atoms with Gasteiger partial charge in [-0.15, -0.1) is 0 Å². The minimum absolute atomic E-state index is 0.281. The van der Waals surface area contributed by atoms with Gasteiger partial charge in [-0.2, -0.15) is 0 Å². The summed E-state index contributed by atoms with van der Waals surface area (Å²) < 4.78 is 5.21. The molecule has 0 bridgehead atoms. The van der Waals surface area contributed by atoms with Crippen LogP contribution in [0.25, 0.3) is 0 Å². The normalized spacial score (nSPS) is 19.2. The molecule has 0 radical (unpaired) electrons. The summed E-state index contributed by atoms with van der Waals surface area (Å²) in [7, 11) is 1.68. The molecular weight excluding hydrogens is 354 g/mol. The highest BCUT2D eigenvalue weighted by molar-refractivity contribution is 5.92. The quantitative estimate of drug-likeness (QED) is 0.551.